The van der Waals surface area contributed by atoms with Gasteiger partial charge in [0.15, 0.2) is 6.29 Å². The standard InChI is InChI=1S/C15H21NO5S/c17-10-8-20-15(9-4-2-1-3-5-9)21-13(10)11(18)12(19)14-16-6-7-22-14/h1-5,10-19H,6-8H2/t10-,11+,12-,13-,14?,15?/m1/s1. The first kappa shape index (κ1) is 16.2. The van der Waals surface area contributed by atoms with Crippen LogP contribution in [0.4, 0.5) is 0 Å². The van der Waals surface area contributed by atoms with Crippen LogP contribution in [0, 0.1) is 0 Å². The molecule has 2 saturated heterocycles. The predicted molar refractivity (Wildman–Crippen MR) is 82.3 cm³/mol. The molecule has 0 bridgehead atoms. The Labute approximate surface area is 133 Å². The highest BCUT2D eigenvalue weighted by Crippen LogP contribution is 2.30. The van der Waals surface area contributed by atoms with E-state index in [4.69, 9.17) is 9.47 Å². The molecule has 0 spiro atoms. The number of aliphatic hydroxyl groups excluding tert-OH is 3. The normalized spacial score (nSPS) is 35.2. The lowest BCUT2D eigenvalue weighted by molar-refractivity contribution is -0.283. The minimum Gasteiger partial charge on any atom is -0.388 e. The number of rotatable bonds is 4. The van der Waals surface area contributed by atoms with Crippen LogP contribution in [0.15, 0.2) is 30.3 Å². The molecule has 2 fully saturated rings. The van der Waals surface area contributed by atoms with Gasteiger partial charge in [-0.15, -0.1) is 11.8 Å². The molecule has 122 valence electrons. The zero-order valence-corrected chi connectivity index (χ0v) is 12.9. The molecule has 4 N–H and O–H groups in total. The van der Waals surface area contributed by atoms with Gasteiger partial charge in [-0.2, -0.15) is 0 Å². The third-order valence-corrected chi connectivity index (χ3v) is 5.14. The van der Waals surface area contributed by atoms with Crippen molar-refractivity contribution in [3.8, 4) is 0 Å². The van der Waals surface area contributed by atoms with Crippen LogP contribution in [0.2, 0.25) is 0 Å². The molecule has 2 aliphatic rings. The summed E-state index contributed by atoms with van der Waals surface area (Å²) in [5.74, 6) is 0.887. The Bertz CT molecular complexity index is 470. The molecular formula is C15H21NO5S. The van der Waals surface area contributed by atoms with Crippen LogP contribution in [-0.2, 0) is 9.47 Å². The molecule has 3 rings (SSSR count). The molecule has 0 aliphatic carbocycles. The van der Waals surface area contributed by atoms with E-state index in [1.165, 1.54) is 0 Å². The maximum Gasteiger partial charge on any atom is 0.184 e. The molecule has 6 atom stereocenters. The molecule has 0 radical (unpaired) electrons. The number of nitrogens with one attached hydrogen (secondary N) is 1. The molecule has 0 saturated carbocycles. The summed E-state index contributed by atoms with van der Waals surface area (Å²) in [7, 11) is 0. The summed E-state index contributed by atoms with van der Waals surface area (Å²) in [6.45, 7) is 0.849. The molecule has 0 amide bonds. The fourth-order valence-corrected chi connectivity index (χ4v) is 3.77. The molecule has 2 unspecified atom stereocenters. The molecule has 22 heavy (non-hydrogen) atoms. The van der Waals surface area contributed by atoms with Gasteiger partial charge in [0.2, 0.25) is 0 Å². The second-order valence-corrected chi connectivity index (χ2v) is 6.72. The van der Waals surface area contributed by atoms with Gasteiger partial charge >= 0.3 is 0 Å². The largest absolute Gasteiger partial charge is 0.388 e. The van der Waals surface area contributed by atoms with Crippen molar-refractivity contribution >= 4 is 11.8 Å². The van der Waals surface area contributed by atoms with Gasteiger partial charge in [-0.1, -0.05) is 30.3 Å². The van der Waals surface area contributed by atoms with Gasteiger partial charge in [0.05, 0.1) is 12.0 Å². The number of benzene rings is 1. The lowest BCUT2D eigenvalue weighted by Gasteiger charge is -2.38. The Morgan fingerprint density at radius 3 is 2.64 bits per heavy atom. The van der Waals surface area contributed by atoms with Crippen LogP contribution < -0.4 is 5.32 Å². The van der Waals surface area contributed by atoms with Crippen molar-refractivity contribution in [3.63, 3.8) is 0 Å². The van der Waals surface area contributed by atoms with Gasteiger partial charge in [-0.25, -0.2) is 0 Å². The molecule has 1 aromatic carbocycles. The van der Waals surface area contributed by atoms with Gasteiger partial charge in [-0.3, -0.25) is 0 Å². The summed E-state index contributed by atoms with van der Waals surface area (Å²) in [5.41, 5.74) is 0.814. The van der Waals surface area contributed by atoms with E-state index in [1.807, 2.05) is 30.3 Å². The highest BCUT2D eigenvalue weighted by Gasteiger charge is 2.42. The number of thioether (sulfide) groups is 1. The van der Waals surface area contributed by atoms with E-state index in [0.29, 0.717) is 0 Å². The van der Waals surface area contributed by atoms with Gasteiger partial charge < -0.3 is 30.1 Å². The van der Waals surface area contributed by atoms with Crippen molar-refractivity contribution in [2.75, 3.05) is 18.9 Å². The summed E-state index contributed by atoms with van der Waals surface area (Å²) in [6.07, 6.45) is -4.72. The first-order valence-corrected chi connectivity index (χ1v) is 8.43. The van der Waals surface area contributed by atoms with Crippen molar-refractivity contribution in [1.29, 1.82) is 0 Å². The maximum absolute atomic E-state index is 10.4. The fraction of sp³-hybridized carbons (Fsp3) is 0.600. The van der Waals surface area contributed by atoms with E-state index in [-0.39, 0.29) is 12.0 Å². The lowest BCUT2D eigenvalue weighted by atomic mass is 10.0. The van der Waals surface area contributed by atoms with E-state index in [9.17, 15) is 15.3 Å². The summed E-state index contributed by atoms with van der Waals surface area (Å²) >= 11 is 1.55. The predicted octanol–water partition coefficient (Wildman–Crippen LogP) is -0.154. The Balaban J connectivity index is 1.68. The van der Waals surface area contributed by atoms with E-state index >= 15 is 0 Å². The van der Waals surface area contributed by atoms with Gasteiger partial charge in [-0.05, 0) is 0 Å². The smallest absolute Gasteiger partial charge is 0.184 e. The molecule has 2 aliphatic heterocycles. The van der Waals surface area contributed by atoms with E-state index < -0.39 is 30.7 Å². The first-order valence-electron chi connectivity index (χ1n) is 7.38. The lowest BCUT2D eigenvalue weighted by Crippen LogP contribution is -2.55. The Morgan fingerprint density at radius 2 is 1.95 bits per heavy atom. The first-order chi connectivity index (χ1) is 10.7. The number of hydrogen-bond acceptors (Lipinski definition) is 7. The Hall–Kier alpha value is -0.670. The number of hydrogen-bond donors (Lipinski definition) is 4. The molecule has 2 heterocycles. The second-order valence-electron chi connectivity index (χ2n) is 5.47. The van der Waals surface area contributed by atoms with Crippen LogP contribution in [0.1, 0.15) is 11.9 Å². The molecule has 0 aromatic heterocycles. The van der Waals surface area contributed by atoms with Crippen LogP contribution in [-0.4, -0.2) is 64.0 Å². The average Bonchev–Trinajstić information content (AvgIpc) is 3.09. The highest BCUT2D eigenvalue weighted by atomic mass is 32.2. The third kappa shape index (κ3) is 3.46. The van der Waals surface area contributed by atoms with Gasteiger partial charge in [0.1, 0.15) is 24.4 Å². The van der Waals surface area contributed by atoms with Crippen LogP contribution in [0.25, 0.3) is 0 Å². The van der Waals surface area contributed by atoms with Gasteiger partial charge in [0, 0.05) is 17.9 Å². The summed E-state index contributed by atoms with van der Waals surface area (Å²) in [6, 6.07) is 9.34. The Morgan fingerprint density at radius 1 is 1.18 bits per heavy atom. The fourth-order valence-electron chi connectivity index (χ4n) is 2.69. The molecule has 6 nitrogen and oxygen atoms in total. The van der Waals surface area contributed by atoms with Gasteiger partial charge in [0.25, 0.3) is 0 Å². The zero-order chi connectivity index (χ0) is 15.5. The zero-order valence-electron chi connectivity index (χ0n) is 12.0. The molecule has 7 heteroatoms. The monoisotopic (exact) mass is 327 g/mol. The van der Waals surface area contributed by atoms with E-state index in [0.717, 1.165) is 17.9 Å². The van der Waals surface area contributed by atoms with E-state index in [1.54, 1.807) is 11.8 Å². The topological polar surface area (TPSA) is 91.2 Å². The van der Waals surface area contributed by atoms with Crippen molar-refractivity contribution in [2.45, 2.75) is 36.1 Å². The molecular weight excluding hydrogens is 306 g/mol. The van der Waals surface area contributed by atoms with Crippen molar-refractivity contribution in [3.05, 3.63) is 35.9 Å². The minimum absolute atomic E-state index is 0.0548. The second kappa shape index (κ2) is 7.27. The minimum atomic E-state index is -1.19. The maximum atomic E-state index is 10.4. The van der Waals surface area contributed by atoms with Crippen molar-refractivity contribution < 1.29 is 24.8 Å². The number of ether oxygens (including phenoxy) is 2. The van der Waals surface area contributed by atoms with Crippen LogP contribution >= 0.6 is 11.8 Å². The summed E-state index contributed by atoms with van der Waals surface area (Å²) in [5, 5.41) is 33.6. The SMILES string of the molecule is O[C@H]([C@@H]1OC(c2ccccc2)OC[C@H]1O)[C@@H](O)C1NCCS1. The Kier molecular flexibility index (Phi) is 5.35. The van der Waals surface area contributed by atoms with Crippen LogP contribution in [0.3, 0.4) is 0 Å². The van der Waals surface area contributed by atoms with Crippen LogP contribution in [0.5, 0.6) is 0 Å². The third-order valence-electron chi connectivity index (χ3n) is 3.89. The van der Waals surface area contributed by atoms with E-state index in [2.05, 4.69) is 5.32 Å². The van der Waals surface area contributed by atoms with Crippen molar-refractivity contribution in [2.24, 2.45) is 0 Å². The average molecular weight is 327 g/mol. The summed E-state index contributed by atoms with van der Waals surface area (Å²) in [4.78, 5) is 0. The highest BCUT2D eigenvalue weighted by molar-refractivity contribution is 8.00. The molecule has 1 aromatic rings. The van der Waals surface area contributed by atoms with Crippen molar-refractivity contribution in [1.82, 2.24) is 5.32 Å². The quantitative estimate of drug-likeness (QED) is 0.611. The summed E-state index contributed by atoms with van der Waals surface area (Å²) < 4.78 is 11.2. The number of aliphatic hydroxyl groups is 3.